The molecule has 1 heterocycles. The van der Waals surface area contributed by atoms with Crippen molar-refractivity contribution in [1.82, 2.24) is 15.5 Å². The summed E-state index contributed by atoms with van der Waals surface area (Å²) in [5.74, 6) is -1.14. The SMILES string of the molecule is CCCNC(=O)CNC(=O)N1CCCCC1CC(=O)O. The lowest BCUT2D eigenvalue weighted by Crippen LogP contribution is -2.51. The molecular formula is C13H23N3O4. The van der Waals surface area contributed by atoms with Gasteiger partial charge in [0.05, 0.1) is 13.0 Å². The van der Waals surface area contributed by atoms with Crippen LogP contribution in [0.3, 0.4) is 0 Å². The zero-order valence-corrected chi connectivity index (χ0v) is 11.9. The van der Waals surface area contributed by atoms with Crippen LogP contribution in [0.2, 0.25) is 0 Å². The van der Waals surface area contributed by atoms with Crippen LogP contribution in [0.1, 0.15) is 39.0 Å². The lowest BCUT2D eigenvalue weighted by Gasteiger charge is -2.34. The number of carbonyl (C=O) groups is 3. The third kappa shape index (κ3) is 5.46. The number of nitrogens with zero attached hydrogens (tertiary/aromatic N) is 1. The zero-order valence-electron chi connectivity index (χ0n) is 11.9. The van der Waals surface area contributed by atoms with Gasteiger partial charge in [0.25, 0.3) is 0 Å². The number of rotatable bonds is 6. The van der Waals surface area contributed by atoms with Crippen LogP contribution in [-0.2, 0) is 9.59 Å². The third-order valence-electron chi connectivity index (χ3n) is 3.27. The Hall–Kier alpha value is -1.79. The molecule has 0 radical (unpaired) electrons. The van der Waals surface area contributed by atoms with Gasteiger partial charge in [0.1, 0.15) is 0 Å². The molecule has 0 bridgehead atoms. The topological polar surface area (TPSA) is 98.7 Å². The van der Waals surface area contributed by atoms with E-state index in [1.807, 2.05) is 6.92 Å². The monoisotopic (exact) mass is 285 g/mol. The molecule has 1 rings (SSSR count). The number of nitrogens with one attached hydrogen (secondary N) is 2. The van der Waals surface area contributed by atoms with Crippen LogP contribution in [0.25, 0.3) is 0 Å². The van der Waals surface area contributed by atoms with E-state index in [4.69, 9.17) is 5.11 Å². The maximum atomic E-state index is 12.0. The molecule has 0 spiro atoms. The maximum Gasteiger partial charge on any atom is 0.318 e. The molecule has 0 aromatic rings. The van der Waals surface area contributed by atoms with Crippen molar-refractivity contribution < 1.29 is 19.5 Å². The minimum Gasteiger partial charge on any atom is -0.481 e. The van der Waals surface area contributed by atoms with E-state index >= 15 is 0 Å². The summed E-state index contributed by atoms with van der Waals surface area (Å²) in [5.41, 5.74) is 0. The highest BCUT2D eigenvalue weighted by Crippen LogP contribution is 2.19. The minimum atomic E-state index is -0.907. The summed E-state index contributed by atoms with van der Waals surface area (Å²) in [6.45, 7) is 3.00. The Balaban J connectivity index is 2.42. The van der Waals surface area contributed by atoms with Crippen LogP contribution >= 0.6 is 0 Å². The second kappa shape index (κ2) is 8.39. The van der Waals surface area contributed by atoms with Gasteiger partial charge in [0.2, 0.25) is 5.91 Å². The van der Waals surface area contributed by atoms with Gasteiger partial charge in [-0.25, -0.2) is 4.79 Å². The summed E-state index contributed by atoms with van der Waals surface area (Å²) in [6.07, 6.45) is 3.29. The highest BCUT2D eigenvalue weighted by molar-refractivity contribution is 5.84. The van der Waals surface area contributed by atoms with Gasteiger partial charge < -0.3 is 20.6 Å². The van der Waals surface area contributed by atoms with Crippen molar-refractivity contribution in [2.24, 2.45) is 0 Å². The Labute approximate surface area is 118 Å². The van der Waals surface area contributed by atoms with Gasteiger partial charge in [0, 0.05) is 19.1 Å². The summed E-state index contributed by atoms with van der Waals surface area (Å²) < 4.78 is 0. The lowest BCUT2D eigenvalue weighted by molar-refractivity contribution is -0.138. The smallest absolute Gasteiger partial charge is 0.318 e. The molecule has 1 aliphatic heterocycles. The number of carboxylic acids is 1. The fraction of sp³-hybridized carbons (Fsp3) is 0.769. The molecule has 0 aliphatic carbocycles. The van der Waals surface area contributed by atoms with Crippen LogP contribution in [-0.4, -0.2) is 53.6 Å². The van der Waals surface area contributed by atoms with Crippen molar-refractivity contribution in [3.63, 3.8) is 0 Å². The van der Waals surface area contributed by atoms with E-state index in [-0.39, 0.29) is 30.9 Å². The normalized spacial score (nSPS) is 18.4. The molecule has 0 aromatic carbocycles. The molecule has 1 fully saturated rings. The number of carboxylic acid groups (broad SMARTS) is 1. The van der Waals surface area contributed by atoms with Gasteiger partial charge in [-0.05, 0) is 25.7 Å². The average molecular weight is 285 g/mol. The first-order chi connectivity index (χ1) is 9.54. The van der Waals surface area contributed by atoms with Gasteiger partial charge in [0.15, 0.2) is 0 Å². The number of hydrogen-bond acceptors (Lipinski definition) is 3. The summed E-state index contributed by atoms with van der Waals surface area (Å²) in [7, 11) is 0. The second-order valence-electron chi connectivity index (χ2n) is 4.95. The summed E-state index contributed by atoms with van der Waals surface area (Å²) in [5, 5.41) is 14.1. The van der Waals surface area contributed by atoms with Crippen molar-refractivity contribution >= 4 is 17.9 Å². The van der Waals surface area contributed by atoms with Gasteiger partial charge in [-0.2, -0.15) is 0 Å². The first-order valence-corrected chi connectivity index (χ1v) is 7.07. The Morgan fingerprint density at radius 3 is 2.65 bits per heavy atom. The second-order valence-corrected chi connectivity index (χ2v) is 4.95. The molecule has 7 nitrogen and oxygen atoms in total. The van der Waals surface area contributed by atoms with E-state index in [1.54, 1.807) is 0 Å². The van der Waals surface area contributed by atoms with E-state index in [2.05, 4.69) is 10.6 Å². The zero-order chi connectivity index (χ0) is 15.0. The van der Waals surface area contributed by atoms with E-state index in [1.165, 1.54) is 4.90 Å². The van der Waals surface area contributed by atoms with E-state index in [0.29, 0.717) is 19.5 Å². The number of aliphatic carboxylic acids is 1. The Morgan fingerprint density at radius 1 is 1.25 bits per heavy atom. The molecule has 3 N–H and O–H groups in total. The third-order valence-corrected chi connectivity index (χ3v) is 3.27. The van der Waals surface area contributed by atoms with Crippen LogP contribution < -0.4 is 10.6 Å². The maximum absolute atomic E-state index is 12.0. The average Bonchev–Trinajstić information content (AvgIpc) is 2.42. The van der Waals surface area contributed by atoms with E-state index in [9.17, 15) is 14.4 Å². The Kier molecular flexibility index (Phi) is 6.83. The minimum absolute atomic E-state index is 0.0462. The lowest BCUT2D eigenvalue weighted by atomic mass is 10.00. The summed E-state index contributed by atoms with van der Waals surface area (Å²) in [4.78, 5) is 35.8. The highest BCUT2D eigenvalue weighted by Gasteiger charge is 2.28. The van der Waals surface area contributed by atoms with Crippen molar-refractivity contribution in [2.45, 2.75) is 45.1 Å². The van der Waals surface area contributed by atoms with Gasteiger partial charge >= 0.3 is 12.0 Å². The molecular weight excluding hydrogens is 262 g/mol. The number of amides is 3. The van der Waals surface area contributed by atoms with Crippen LogP contribution in [0.15, 0.2) is 0 Å². The van der Waals surface area contributed by atoms with Crippen molar-refractivity contribution in [3.05, 3.63) is 0 Å². The van der Waals surface area contributed by atoms with Crippen LogP contribution in [0.5, 0.6) is 0 Å². The van der Waals surface area contributed by atoms with E-state index < -0.39 is 5.97 Å². The fourth-order valence-electron chi connectivity index (χ4n) is 2.27. The Bertz CT molecular complexity index is 360. The molecule has 3 amide bonds. The van der Waals surface area contributed by atoms with Crippen molar-refractivity contribution in [3.8, 4) is 0 Å². The summed E-state index contributed by atoms with van der Waals surface area (Å²) >= 11 is 0. The number of piperidine rings is 1. The first kappa shape index (κ1) is 16.3. The molecule has 7 heteroatoms. The van der Waals surface area contributed by atoms with Crippen LogP contribution in [0, 0.1) is 0 Å². The number of carbonyl (C=O) groups excluding carboxylic acids is 2. The molecule has 1 unspecified atom stereocenters. The highest BCUT2D eigenvalue weighted by atomic mass is 16.4. The number of likely N-dealkylation sites (tertiary alicyclic amines) is 1. The van der Waals surface area contributed by atoms with Crippen molar-refractivity contribution in [2.75, 3.05) is 19.6 Å². The largest absolute Gasteiger partial charge is 0.481 e. The molecule has 0 saturated carbocycles. The Morgan fingerprint density at radius 2 is 2.00 bits per heavy atom. The van der Waals surface area contributed by atoms with Gasteiger partial charge in [-0.1, -0.05) is 6.92 Å². The number of hydrogen-bond donors (Lipinski definition) is 3. The van der Waals surface area contributed by atoms with Crippen molar-refractivity contribution in [1.29, 1.82) is 0 Å². The molecule has 20 heavy (non-hydrogen) atoms. The molecule has 0 aromatic heterocycles. The van der Waals surface area contributed by atoms with Crippen LogP contribution in [0.4, 0.5) is 4.79 Å². The molecule has 1 saturated heterocycles. The predicted octanol–water partition coefficient (Wildman–Crippen LogP) is 0.551. The van der Waals surface area contributed by atoms with Gasteiger partial charge in [-0.15, -0.1) is 0 Å². The first-order valence-electron chi connectivity index (χ1n) is 7.07. The van der Waals surface area contributed by atoms with E-state index in [0.717, 1.165) is 19.3 Å². The quantitative estimate of drug-likeness (QED) is 0.663. The number of urea groups is 1. The predicted molar refractivity (Wildman–Crippen MR) is 73.3 cm³/mol. The summed E-state index contributed by atoms with van der Waals surface area (Å²) in [6, 6.07) is -0.637. The molecule has 114 valence electrons. The molecule has 1 atom stereocenters. The standard InChI is InChI=1S/C13H23N3O4/c1-2-6-14-11(17)9-15-13(20)16-7-4-3-5-10(16)8-12(18)19/h10H,2-9H2,1H3,(H,14,17)(H,15,20)(H,18,19). The van der Waals surface area contributed by atoms with Gasteiger partial charge in [-0.3, -0.25) is 9.59 Å². The fourth-order valence-corrected chi connectivity index (χ4v) is 2.27. The molecule has 1 aliphatic rings.